The van der Waals surface area contributed by atoms with Gasteiger partial charge in [0.15, 0.2) is 5.82 Å². The van der Waals surface area contributed by atoms with Gasteiger partial charge >= 0.3 is 0 Å². The topological polar surface area (TPSA) is 51.0 Å². The maximum atomic E-state index is 5.68. The first-order valence-corrected chi connectivity index (χ1v) is 8.92. The second-order valence-corrected chi connectivity index (χ2v) is 7.37. The highest BCUT2D eigenvalue weighted by Gasteiger charge is 2.43. The van der Waals surface area contributed by atoms with Crippen molar-refractivity contribution in [3.63, 3.8) is 0 Å². The molecule has 4 rings (SSSR count). The molecule has 5 atom stereocenters. The van der Waals surface area contributed by atoms with Crippen molar-refractivity contribution >= 4 is 0 Å². The molecule has 3 fully saturated rings. The number of fused-ring (bicyclic) bond motifs is 2. The van der Waals surface area contributed by atoms with E-state index in [1.165, 1.54) is 51.4 Å². The smallest absolute Gasteiger partial charge is 0.231 e. The fourth-order valence-corrected chi connectivity index (χ4v) is 4.94. The molecular weight excluding hydrogens is 262 g/mol. The van der Waals surface area contributed by atoms with E-state index in [0.29, 0.717) is 17.9 Å². The van der Waals surface area contributed by atoms with E-state index in [1.54, 1.807) is 0 Å². The zero-order valence-electron chi connectivity index (χ0n) is 13.1. The Morgan fingerprint density at radius 3 is 2.86 bits per heavy atom. The third kappa shape index (κ3) is 2.52. The van der Waals surface area contributed by atoms with E-state index in [0.717, 1.165) is 30.1 Å². The van der Waals surface area contributed by atoms with Crippen LogP contribution in [-0.4, -0.2) is 22.7 Å². The average Bonchev–Trinajstić information content (AvgIpc) is 3.26. The van der Waals surface area contributed by atoms with E-state index >= 15 is 0 Å². The average molecular weight is 289 g/mol. The van der Waals surface area contributed by atoms with E-state index in [1.807, 2.05) is 0 Å². The minimum atomic E-state index is 0.441. The standard InChI is InChI=1S/C17H27N3O/c1-2-8-18-15-5-3-4-13(15)17-19-16(20-21-17)14-10-11-6-7-12(14)9-11/h11-15,18H,2-10H2,1H3. The summed E-state index contributed by atoms with van der Waals surface area (Å²) in [6.45, 7) is 3.31. The first-order valence-electron chi connectivity index (χ1n) is 8.92. The lowest BCUT2D eigenvalue weighted by Gasteiger charge is -2.18. The van der Waals surface area contributed by atoms with Gasteiger partial charge in [-0.3, -0.25) is 0 Å². The fourth-order valence-electron chi connectivity index (χ4n) is 4.94. The summed E-state index contributed by atoms with van der Waals surface area (Å²) in [7, 11) is 0. The van der Waals surface area contributed by atoms with Crippen LogP contribution < -0.4 is 5.32 Å². The van der Waals surface area contributed by atoms with Crippen LogP contribution in [0.3, 0.4) is 0 Å². The maximum Gasteiger partial charge on any atom is 0.231 e. The molecule has 1 N–H and O–H groups in total. The molecule has 21 heavy (non-hydrogen) atoms. The van der Waals surface area contributed by atoms with Crippen molar-refractivity contribution in [2.45, 2.75) is 76.2 Å². The van der Waals surface area contributed by atoms with Gasteiger partial charge in [0.25, 0.3) is 0 Å². The van der Waals surface area contributed by atoms with Gasteiger partial charge in [-0.15, -0.1) is 0 Å². The van der Waals surface area contributed by atoms with Crippen LogP contribution in [0.4, 0.5) is 0 Å². The SMILES string of the molecule is CCCNC1CCCC1c1nc(C2CC3CCC2C3)no1. The largest absolute Gasteiger partial charge is 0.339 e. The Morgan fingerprint density at radius 1 is 1.14 bits per heavy atom. The van der Waals surface area contributed by atoms with E-state index in [9.17, 15) is 0 Å². The molecular formula is C17H27N3O. The van der Waals surface area contributed by atoms with Crippen LogP contribution in [0.5, 0.6) is 0 Å². The molecule has 3 aliphatic rings. The van der Waals surface area contributed by atoms with Crippen LogP contribution in [0, 0.1) is 11.8 Å². The number of hydrogen-bond acceptors (Lipinski definition) is 4. The van der Waals surface area contributed by atoms with Crippen molar-refractivity contribution in [1.29, 1.82) is 0 Å². The predicted octanol–water partition coefficient (Wildman–Crippen LogP) is 3.61. The quantitative estimate of drug-likeness (QED) is 0.899. The Labute approximate surface area is 127 Å². The van der Waals surface area contributed by atoms with Crippen molar-refractivity contribution < 1.29 is 4.52 Å². The molecule has 3 saturated carbocycles. The number of aromatic nitrogens is 2. The summed E-state index contributed by atoms with van der Waals surface area (Å²) in [4.78, 5) is 4.83. The molecule has 1 aromatic rings. The van der Waals surface area contributed by atoms with Crippen LogP contribution >= 0.6 is 0 Å². The summed E-state index contributed by atoms with van der Waals surface area (Å²) in [6.07, 6.45) is 10.4. The summed E-state index contributed by atoms with van der Waals surface area (Å²) in [5.74, 6) is 4.71. The van der Waals surface area contributed by atoms with Gasteiger partial charge in [0, 0.05) is 12.0 Å². The first-order chi connectivity index (χ1) is 10.3. The molecule has 3 aliphatic carbocycles. The normalized spacial score (nSPS) is 38.4. The van der Waals surface area contributed by atoms with Gasteiger partial charge in [-0.2, -0.15) is 4.98 Å². The molecule has 0 saturated heterocycles. The zero-order chi connectivity index (χ0) is 14.2. The monoisotopic (exact) mass is 289 g/mol. The zero-order valence-corrected chi connectivity index (χ0v) is 13.1. The van der Waals surface area contributed by atoms with E-state index < -0.39 is 0 Å². The van der Waals surface area contributed by atoms with Crippen LogP contribution in [0.2, 0.25) is 0 Å². The highest BCUT2D eigenvalue weighted by atomic mass is 16.5. The Hall–Kier alpha value is -0.900. The van der Waals surface area contributed by atoms with Crippen molar-refractivity contribution in [3.05, 3.63) is 11.7 Å². The molecule has 1 aromatic heterocycles. The van der Waals surface area contributed by atoms with Gasteiger partial charge in [-0.05, 0) is 56.9 Å². The second kappa shape index (κ2) is 5.71. The van der Waals surface area contributed by atoms with Crippen molar-refractivity contribution in [2.75, 3.05) is 6.54 Å². The Kier molecular flexibility index (Phi) is 3.74. The van der Waals surface area contributed by atoms with Crippen molar-refractivity contribution in [2.24, 2.45) is 11.8 Å². The third-order valence-electron chi connectivity index (χ3n) is 6.02. The van der Waals surface area contributed by atoms with Gasteiger partial charge in [-0.25, -0.2) is 0 Å². The van der Waals surface area contributed by atoms with E-state index in [-0.39, 0.29) is 0 Å². The summed E-state index contributed by atoms with van der Waals surface area (Å²) >= 11 is 0. The summed E-state index contributed by atoms with van der Waals surface area (Å²) in [5.41, 5.74) is 0. The minimum absolute atomic E-state index is 0.441. The summed E-state index contributed by atoms with van der Waals surface area (Å²) in [5, 5.41) is 8.02. The molecule has 1 heterocycles. The molecule has 4 nitrogen and oxygen atoms in total. The Morgan fingerprint density at radius 2 is 2.10 bits per heavy atom. The number of nitrogens with zero attached hydrogens (tertiary/aromatic N) is 2. The second-order valence-electron chi connectivity index (χ2n) is 7.37. The lowest BCUT2D eigenvalue weighted by Crippen LogP contribution is -2.31. The van der Waals surface area contributed by atoms with Crippen molar-refractivity contribution in [3.8, 4) is 0 Å². The maximum absolute atomic E-state index is 5.68. The van der Waals surface area contributed by atoms with Gasteiger partial charge in [0.2, 0.25) is 5.89 Å². The molecule has 0 radical (unpaired) electrons. The Bertz CT molecular complexity index is 486. The van der Waals surface area contributed by atoms with Crippen molar-refractivity contribution in [1.82, 2.24) is 15.5 Å². The van der Waals surface area contributed by atoms with Crippen LogP contribution in [0.25, 0.3) is 0 Å². The fraction of sp³-hybridized carbons (Fsp3) is 0.882. The van der Waals surface area contributed by atoms with Gasteiger partial charge in [-0.1, -0.05) is 24.9 Å². The Balaban J connectivity index is 1.46. The summed E-state index contributed by atoms with van der Waals surface area (Å²) < 4.78 is 5.68. The molecule has 0 aliphatic heterocycles. The van der Waals surface area contributed by atoms with Crippen LogP contribution in [0.1, 0.15) is 81.8 Å². The third-order valence-corrected chi connectivity index (χ3v) is 6.02. The molecule has 5 unspecified atom stereocenters. The minimum Gasteiger partial charge on any atom is -0.339 e. The molecule has 116 valence electrons. The molecule has 0 spiro atoms. The molecule has 0 amide bonds. The van der Waals surface area contributed by atoms with E-state index in [2.05, 4.69) is 17.4 Å². The van der Waals surface area contributed by atoms with E-state index in [4.69, 9.17) is 9.51 Å². The molecule has 4 heteroatoms. The van der Waals surface area contributed by atoms with Crippen LogP contribution in [0.15, 0.2) is 4.52 Å². The van der Waals surface area contributed by atoms with Gasteiger partial charge in [0.1, 0.15) is 0 Å². The first kappa shape index (κ1) is 13.7. The highest BCUT2D eigenvalue weighted by Crippen LogP contribution is 2.52. The number of rotatable bonds is 5. The van der Waals surface area contributed by atoms with Crippen LogP contribution in [-0.2, 0) is 0 Å². The highest BCUT2D eigenvalue weighted by molar-refractivity contribution is 5.09. The number of nitrogens with one attached hydrogen (secondary N) is 1. The lowest BCUT2D eigenvalue weighted by molar-refractivity contribution is 0.320. The molecule has 2 bridgehead atoms. The predicted molar refractivity (Wildman–Crippen MR) is 81.2 cm³/mol. The van der Waals surface area contributed by atoms with Gasteiger partial charge in [0.05, 0.1) is 5.92 Å². The van der Waals surface area contributed by atoms with Gasteiger partial charge < -0.3 is 9.84 Å². The number of hydrogen-bond donors (Lipinski definition) is 1. The lowest BCUT2D eigenvalue weighted by atomic mass is 9.88. The summed E-state index contributed by atoms with van der Waals surface area (Å²) in [6, 6.07) is 0.540. The molecule has 0 aromatic carbocycles.